The maximum absolute atomic E-state index is 10.7. The van der Waals surface area contributed by atoms with Crippen LogP contribution in [0.3, 0.4) is 0 Å². The Morgan fingerprint density at radius 2 is 2.18 bits per heavy atom. The topological polar surface area (TPSA) is 38.3 Å². The van der Waals surface area contributed by atoms with Gasteiger partial charge < -0.3 is 10.1 Å². The smallest absolute Gasteiger partial charge is 0.407 e. The number of rotatable bonds is 5. The molecule has 0 aliphatic rings. The summed E-state index contributed by atoms with van der Waals surface area (Å²) < 4.78 is 4.83. The summed E-state index contributed by atoms with van der Waals surface area (Å²) in [6.07, 6.45) is 2.66. The summed E-state index contributed by atoms with van der Waals surface area (Å²) in [6.45, 7) is 5.30. The van der Waals surface area contributed by atoms with Crippen molar-refractivity contribution < 1.29 is 11.0 Å². The second-order valence-electron chi connectivity index (χ2n) is 2.42. The highest BCUT2D eigenvalue weighted by Gasteiger charge is 1.97. The molecule has 68 valence electrons. The second kappa shape index (κ2) is 7.38. The van der Waals surface area contributed by atoms with E-state index in [1.165, 1.54) is 0 Å². The van der Waals surface area contributed by atoms with Gasteiger partial charge in [-0.1, -0.05) is 20.3 Å². The number of amides is 1. The number of hydrogen-bond donors (Lipinski definition) is 1. The Kier molecular flexibility index (Phi) is 6.89. The molecule has 0 spiro atoms. The van der Waals surface area contributed by atoms with E-state index >= 15 is 0 Å². The molecule has 0 unspecified atom stereocenters. The summed E-state index contributed by atoms with van der Waals surface area (Å²) in [4.78, 5) is 10.7. The third-order valence-electron chi connectivity index (χ3n) is 1.25. The van der Waals surface area contributed by atoms with E-state index in [2.05, 4.69) is 12.2 Å². The van der Waals surface area contributed by atoms with Crippen molar-refractivity contribution in [2.24, 2.45) is 0 Å². The molecule has 0 fully saturated rings. The first-order valence-electron chi connectivity index (χ1n) is 4.21. The van der Waals surface area contributed by atoms with Gasteiger partial charge in [-0.25, -0.2) is 4.79 Å². The molecule has 11 heavy (non-hydrogen) atoms. The first-order chi connectivity index (χ1) is 5.31. The van der Waals surface area contributed by atoms with Crippen LogP contribution >= 0.6 is 0 Å². The fourth-order valence-corrected chi connectivity index (χ4v) is 0.587. The van der Waals surface area contributed by atoms with Gasteiger partial charge in [0.25, 0.3) is 0 Å². The summed E-state index contributed by atoms with van der Waals surface area (Å²) in [5, 5.41) is 2.63. The highest BCUT2D eigenvalue weighted by Crippen LogP contribution is 1.87. The Morgan fingerprint density at radius 3 is 2.73 bits per heavy atom. The third-order valence-corrected chi connectivity index (χ3v) is 1.25. The van der Waals surface area contributed by atoms with Crippen molar-refractivity contribution in [3.8, 4) is 0 Å². The molecule has 0 aliphatic heterocycles. The Balaban J connectivity index is 0. The number of ether oxygens (including phenoxy) is 1. The molecule has 0 heterocycles. The van der Waals surface area contributed by atoms with Gasteiger partial charge in [-0.2, -0.15) is 0 Å². The average Bonchev–Trinajstić information content (AvgIpc) is 2.01. The molecule has 0 saturated carbocycles. The molecule has 0 aromatic rings. The molecule has 0 atom stereocenters. The van der Waals surface area contributed by atoms with Crippen LogP contribution in [0.15, 0.2) is 0 Å². The van der Waals surface area contributed by atoms with E-state index in [1.54, 1.807) is 0 Å². The quantitative estimate of drug-likeness (QED) is 0.627. The van der Waals surface area contributed by atoms with Crippen LogP contribution in [0.4, 0.5) is 4.79 Å². The predicted molar refractivity (Wildman–Crippen MR) is 46.7 cm³/mol. The van der Waals surface area contributed by atoms with Gasteiger partial charge in [0.2, 0.25) is 0 Å². The molecule has 0 aromatic carbocycles. The van der Waals surface area contributed by atoms with Crippen LogP contribution in [-0.2, 0) is 4.74 Å². The van der Waals surface area contributed by atoms with Crippen LogP contribution in [0.2, 0.25) is 0 Å². The van der Waals surface area contributed by atoms with Crippen LogP contribution in [0, 0.1) is 0 Å². The van der Waals surface area contributed by atoms with Crippen LogP contribution in [-0.4, -0.2) is 19.2 Å². The van der Waals surface area contributed by atoms with Crippen molar-refractivity contribution in [3.05, 3.63) is 0 Å². The number of carbonyl (C=O) groups excluding carboxylic acids is 1. The maximum Gasteiger partial charge on any atom is 0.407 e. The molecule has 0 rings (SSSR count). The molecule has 1 amide bonds. The van der Waals surface area contributed by atoms with E-state index in [1.807, 2.05) is 6.92 Å². The summed E-state index contributed by atoms with van der Waals surface area (Å²) in [6, 6.07) is 0. The largest absolute Gasteiger partial charge is 0.450 e. The zero-order valence-corrected chi connectivity index (χ0v) is 7.35. The molecule has 0 saturated heterocycles. The number of unbranched alkanes of at least 4 members (excludes halogenated alkanes) is 1. The highest BCUT2D eigenvalue weighted by molar-refractivity contribution is 5.66. The first-order valence-corrected chi connectivity index (χ1v) is 4.21. The lowest BCUT2D eigenvalue weighted by Gasteiger charge is -2.03. The van der Waals surface area contributed by atoms with E-state index in [4.69, 9.17) is 4.74 Å². The Bertz CT molecular complexity index is 109. The fraction of sp³-hybridized carbons (Fsp3) is 0.875. The van der Waals surface area contributed by atoms with Crippen molar-refractivity contribution in [1.29, 1.82) is 0 Å². The Morgan fingerprint density at radius 1 is 1.45 bits per heavy atom. The molecule has 0 bridgehead atoms. The highest BCUT2D eigenvalue weighted by atomic mass is 16.5. The third kappa shape index (κ3) is 7.16. The van der Waals surface area contributed by atoms with Crippen molar-refractivity contribution in [2.45, 2.75) is 33.1 Å². The molecule has 3 heteroatoms. The molecule has 1 N–H and O–H groups in total. The molecule has 3 nitrogen and oxygen atoms in total. The van der Waals surface area contributed by atoms with Gasteiger partial charge in [0.1, 0.15) is 0 Å². The average molecular weight is 161 g/mol. The predicted octanol–water partition coefficient (Wildman–Crippen LogP) is 2.17. The lowest BCUT2D eigenvalue weighted by atomic mass is 10.4. The fourth-order valence-electron chi connectivity index (χ4n) is 0.587. The lowest BCUT2D eigenvalue weighted by Crippen LogP contribution is -2.25. The van der Waals surface area contributed by atoms with Gasteiger partial charge in [-0.3, -0.25) is 0 Å². The van der Waals surface area contributed by atoms with E-state index < -0.39 is 0 Å². The Labute approximate surface area is 69.6 Å². The number of nitrogens with one attached hydrogen (secondary N) is 1. The summed E-state index contributed by atoms with van der Waals surface area (Å²) in [7, 11) is 0. The van der Waals surface area contributed by atoms with Gasteiger partial charge in [0, 0.05) is 7.97 Å². The standard InChI is InChI=1S/C8H17NO2.H2/c1-3-5-7-11-8(10)9-6-4-2;/h3-7H2,1-2H3,(H,9,10);1H. The van der Waals surface area contributed by atoms with E-state index in [0.717, 1.165) is 19.3 Å². The molecule has 0 radical (unpaired) electrons. The Hall–Kier alpha value is -0.730. The second-order valence-corrected chi connectivity index (χ2v) is 2.42. The zero-order valence-electron chi connectivity index (χ0n) is 7.35. The van der Waals surface area contributed by atoms with Crippen LogP contribution in [0.25, 0.3) is 0 Å². The molecule has 0 aliphatic carbocycles. The molecular formula is C8H19NO2. The van der Waals surface area contributed by atoms with Crippen LogP contribution < -0.4 is 5.32 Å². The van der Waals surface area contributed by atoms with E-state index in [9.17, 15) is 4.79 Å². The van der Waals surface area contributed by atoms with E-state index in [0.29, 0.717) is 13.2 Å². The summed E-state index contributed by atoms with van der Waals surface area (Å²) >= 11 is 0. The number of alkyl carbamates (subject to hydrolysis) is 1. The zero-order chi connectivity index (χ0) is 8.53. The SMILES string of the molecule is CCCCOC(=O)NCCC.[HH]. The normalized spacial score (nSPS) is 9.27. The summed E-state index contributed by atoms with van der Waals surface area (Å²) in [5.41, 5.74) is 0. The minimum Gasteiger partial charge on any atom is -0.450 e. The maximum atomic E-state index is 10.7. The monoisotopic (exact) mass is 161 g/mol. The minimum atomic E-state index is -0.291. The minimum absolute atomic E-state index is 0. The molecule has 0 aromatic heterocycles. The van der Waals surface area contributed by atoms with Crippen molar-refractivity contribution in [2.75, 3.05) is 13.2 Å². The van der Waals surface area contributed by atoms with Crippen molar-refractivity contribution in [3.63, 3.8) is 0 Å². The molecular weight excluding hydrogens is 142 g/mol. The van der Waals surface area contributed by atoms with Gasteiger partial charge >= 0.3 is 6.09 Å². The van der Waals surface area contributed by atoms with Crippen LogP contribution in [0.5, 0.6) is 0 Å². The number of hydrogen-bond acceptors (Lipinski definition) is 2. The van der Waals surface area contributed by atoms with Gasteiger partial charge in [0.15, 0.2) is 0 Å². The van der Waals surface area contributed by atoms with Crippen molar-refractivity contribution >= 4 is 6.09 Å². The number of carbonyl (C=O) groups is 1. The van der Waals surface area contributed by atoms with Crippen LogP contribution in [0.1, 0.15) is 34.5 Å². The van der Waals surface area contributed by atoms with Crippen molar-refractivity contribution in [1.82, 2.24) is 5.32 Å². The van der Waals surface area contributed by atoms with E-state index in [-0.39, 0.29) is 7.52 Å². The summed E-state index contributed by atoms with van der Waals surface area (Å²) in [5.74, 6) is 0. The van der Waals surface area contributed by atoms with Gasteiger partial charge in [0.05, 0.1) is 6.61 Å². The first kappa shape index (κ1) is 10.3. The van der Waals surface area contributed by atoms with Gasteiger partial charge in [-0.15, -0.1) is 0 Å². The van der Waals surface area contributed by atoms with Gasteiger partial charge in [-0.05, 0) is 12.8 Å². The lowest BCUT2D eigenvalue weighted by molar-refractivity contribution is 0.144.